The molecule has 0 aromatic carbocycles. The van der Waals surface area contributed by atoms with E-state index < -0.39 is 0 Å². The van der Waals surface area contributed by atoms with Gasteiger partial charge < -0.3 is 15.1 Å². The Morgan fingerprint density at radius 3 is 2.42 bits per heavy atom. The maximum atomic E-state index is 9.04. The van der Waals surface area contributed by atoms with Gasteiger partial charge in [0.1, 0.15) is 0 Å². The summed E-state index contributed by atoms with van der Waals surface area (Å²) in [7, 11) is 2.01. The van der Waals surface area contributed by atoms with E-state index in [1.54, 1.807) is 6.92 Å². The highest BCUT2D eigenvalue weighted by Crippen LogP contribution is 1.97. The molecule has 3 nitrogen and oxygen atoms in total. The number of nitrogens with zero attached hydrogens (tertiary/aromatic N) is 1. The summed E-state index contributed by atoms with van der Waals surface area (Å²) in [4.78, 5) is 2.11. The zero-order valence-corrected chi connectivity index (χ0v) is 8.16. The van der Waals surface area contributed by atoms with Gasteiger partial charge in [0.25, 0.3) is 0 Å². The zero-order chi connectivity index (χ0) is 9.40. The van der Waals surface area contributed by atoms with Gasteiger partial charge in [-0.05, 0) is 39.8 Å². The van der Waals surface area contributed by atoms with Crippen LogP contribution in [0.2, 0.25) is 0 Å². The minimum Gasteiger partial charge on any atom is -0.396 e. The van der Waals surface area contributed by atoms with Crippen molar-refractivity contribution >= 4 is 0 Å². The van der Waals surface area contributed by atoms with E-state index in [0.29, 0.717) is 6.61 Å². The number of likely N-dealkylation sites (N-methyl/N-ethyl adjacent to an activating group) is 1. The lowest BCUT2D eigenvalue weighted by Gasteiger charge is -2.17. The Kier molecular flexibility index (Phi) is 7.45. The van der Waals surface area contributed by atoms with Crippen LogP contribution in [0.25, 0.3) is 0 Å². The van der Waals surface area contributed by atoms with Crippen LogP contribution in [0.3, 0.4) is 0 Å². The molecule has 2 N–H and O–H groups in total. The molecule has 3 heteroatoms. The first-order valence-corrected chi connectivity index (χ1v) is 4.64. The zero-order valence-electron chi connectivity index (χ0n) is 8.16. The lowest BCUT2D eigenvalue weighted by atomic mass is 10.2. The number of hydrogen-bond acceptors (Lipinski definition) is 3. The van der Waals surface area contributed by atoms with Gasteiger partial charge in [-0.25, -0.2) is 0 Å². The van der Waals surface area contributed by atoms with Gasteiger partial charge in [-0.3, -0.25) is 0 Å². The number of hydrogen-bond donors (Lipinski definition) is 2. The summed E-state index contributed by atoms with van der Waals surface area (Å²) in [5, 5.41) is 17.6. The van der Waals surface area contributed by atoms with Gasteiger partial charge in [-0.1, -0.05) is 0 Å². The lowest BCUT2D eigenvalue weighted by molar-refractivity contribution is 0.140. The molecule has 0 aromatic rings. The van der Waals surface area contributed by atoms with Crippen LogP contribution in [-0.2, 0) is 0 Å². The molecule has 0 aromatic heterocycles. The topological polar surface area (TPSA) is 43.7 Å². The predicted octanol–water partition coefficient (Wildman–Crippen LogP) is 0.462. The number of rotatable bonds is 7. The molecule has 0 heterocycles. The van der Waals surface area contributed by atoms with E-state index in [1.165, 1.54) is 0 Å². The molecular weight excluding hydrogens is 154 g/mol. The van der Waals surface area contributed by atoms with Crippen molar-refractivity contribution in [3.63, 3.8) is 0 Å². The van der Waals surface area contributed by atoms with Gasteiger partial charge in [-0.15, -0.1) is 0 Å². The quantitative estimate of drug-likeness (QED) is 0.553. The van der Waals surface area contributed by atoms with Crippen LogP contribution >= 0.6 is 0 Å². The average molecular weight is 175 g/mol. The first-order chi connectivity index (χ1) is 5.66. The van der Waals surface area contributed by atoms with Crippen molar-refractivity contribution in [2.75, 3.05) is 26.7 Å². The number of aliphatic hydroxyl groups is 2. The maximum absolute atomic E-state index is 9.04. The minimum atomic E-state index is -0.243. The normalized spacial score (nSPS) is 13.8. The summed E-state index contributed by atoms with van der Waals surface area (Å²) in [6.07, 6.45) is 2.82. The Labute approximate surface area is 75.0 Å². The first-order valence-electron chi connectivity index (χ1n) is 4.64. The molecular formula is C9H21NO2. The van der Waals surface area contributed by atoms with Crippen molar-refractivity contribution in [1.29, 1.82) is 0 Å². The van der Waals surface area contributed by atoms with Crippen LogP contribution in [-0.4, -0.2) is 48.0 Å². The number of unbranched alkanes of at least 4 members (excludes halogenated alkanes) is 2. The largest absolute Gasteiger partial charge is 0.396 e. The fourth-order valence-electron chi connectivity index (χ4n) is 1.21. The summed E-state index contributed by atoms with van der Waals surface area (Å²) in [6.45, 7) is 3.83. The molecule has 1 atom stereocenters. The van der Waals surface area contributed by atoms with E-state index >= 15 is 0 Å². The second-order valence-electron chi connectivity index (χ2n) is 3.40. The predicted molar refractivity (Wildman–Crippen MR) is 50.1 cm³/mol. The molecule has 0 aliphatic heterocycles. The van der Waals surface area contributed by atoms with Crippen LogP contribution in [0.4, 0.5) is 0 Å². The fraction of sp³-hybridized carbons (Fsp3) is 1.00. The highest BCUT2D eigenvalue weighted by Gasteiger charge is 2.01. The van der Waals surface area contributed by atoms with Gasteiger partial charge in [0, 0.05) is 13.2 Å². The smallest absolute Gasteiger partial charge is 0.0638 e. The van der Waals surface area contributed by atoms with Crippen molar-refractivity contribution in [2.24, 2.45) is 0 Å². The summed E-state index contributed by atoms with van der Waals surface area (Å²) in [5.41, 5.74) is 0. The van der Waals surface area contributed by atoms with E-state index in [-0.39, 0.29) is 6.10 Å². The van der Waals surface area contributed by atoms with Crippen molar-refractivity contribution in [3.05, 3.63) is 0 Å². The van der Waals surface area contributed by atoms with Crippen LogP contribution in [0.5, 0.6) is 0 Å². The Balaban J connectivity index is 3.14. The summed E-state index contributed by atoms with van der Waals surface area (Å²) in [5.74, 6) is 0. The van der Waals surface area contributed by atoms with E-state index in [9.17, 15) is 0 Å². The Bertz CT molecular complexity index is 96.5. The van der Waals surface area contributed by atoms with E-state index in [2.05, 4.69) is 4.90 Å². The van der Waals surface area contributed by atoms with Gasteiger partial charge in [0.2, 0.25) is 0 Å². The third-order valence-corrected chi connectivity index (χ3v) is 1.77. The Morgan fingerprint density at radius 1 is 1.25 bits per heavy atom. The Hall–Kier alpha value is -0.120. The van der Waals surface area contributed by atoms with E-state index in [4.69, 9.17) is 10.2 Å². The van der Waals surface area contributed by atoms with Crippen molar-refractivity contribution in [2.45, 2.75) is 32.3 Å². The molecule has 0 fully saturated rings. The Morgan fingerprint density at radius 2 is 1.92 bits per heavy atom. The molecule has 0 amide bonds. The van der Waals surface area contributed by atoms with Gasteiger partial charge >= 0.3 is 0 Å². The highest BCUT2D eigenvalue weighted by atomic mass is 16.3. The lowest BCUT2D eigenvalue weighted by Crippen LogP contribution is -2.28. The second kappa shape index (κ2) is 7.53. The van der Waals surface area contributed by atoms with Crippen molar-refractivity contribution in [3.8, 4) is 0 Å². The van der Waals surface area contributed by atoms with Crippen LogP contribution < -0.4 is 0 Å². The summed E-state index contributed by atoms with van der Waals surface area (Å²) in [6, 6.07) is 0. The van der Waals surface area contributed by atoms with Gasteiger partial charge in [-0.2, -0.15) is 0 Å². The van der Waals surface area contributed by atoms with Gasteiger partial charge in [0.15, 0.2) is 0 Å². The molecule has 12 heavy (non-hydrogen) atoms. The van der Waals surface area contributed by atoms with Crippen LogP contribution in [0.1, 0.15) is 26.2 Å². The van der Waals surface area contributed by atoms with Crippen molar-refractivity contribution < 1.29 is 10.2 Å². The molecule has 0 aliphatic carbocycles. The molecule has 0 radical (unpaired) electrons. The molecule has 0 aliphatic rings. The first kappa shape index (κ1) is 11.9. The molecule has 0 bridgehead atoms. The SMILES string of the molecule is CC(O)CN(C)CCCCCO. The maximum Gasteiger partial charge on any atom is 0.0638 e. The van der Waals surface area contributed by atoms with E-state index in [0.717, 1.165) is 32.4 Å². The minimum absolute atomic E-state index is 0.243. The summed E-state index contributed by atoms with van der Waals surface area (Å²) >= 11 is 0. The second-order valence-corrected chi connectivity index (χ2v) is 3.40. The molecule has 0 spiro atoms. The van der Waals surface area contributed by atoms with E-state index in [1.807, 2.05) is 7.05 Å². The average Bonchev–Trinajstić information content (AvgIpc) is 1.97. The fourth-order valence-corrected chi connectivity index (χ4v) is 1.21. The third kappa shape index (κ3) is 7.98. The molecule has 1 unspecified atom stereocenters. The standard InChI is InChI=1S/C9H21NO2/c1-9(12)8-10(2)6-4-3-5-7-11/h9,11-12H,3-8H2,1-2H3. The monoisotopic (exact) mass is 175 g/mol. The van der Waals surface area contributed by atoms with Gasteiger partial charge in [0.05, 0.1) is 6.10 Å². The van der Waals surface area contributed by atoms with Crippen molar-refractivity contribution in [1.82, 2.24) is 4.90 Å². The molecule has 0 saturated carbocycles. The molecule has 0 saturated heterocycles. The molecule has 74 valence electrons. The molecule has 0 rings (SSSR count). The number of aliphatic hydroxyl groups excluding tert-OH is 2. The third-order valence-electron chi connectivity index (χ3n) is 1.77. The summed E-state index contributed by atoms with van der Waals surface area (Å²) < 4.78 is 0. The van der Waals surface area contributed by atoms with Crippen LogP contribution in [0.15, 0.2) is 0 Å². The van der Waals surface area contributed by atoms with Crippen LogP contribution in [0, 0.1) is 0 Å². The highest BCUT2D eigenvalue weighted by molar-refractivity contribution is 4.55.